The van der Waals surface area contributed by atoms with Gasteiger partial charge in [-0.1, -0.05) is 12.8 Å². The van der Waals surface area contributed by atoms with E-state index in [0.717, 1.165) is 31.1 Å². The maximum absolute atomic E-state index is 12.5. The highest BCUT2D eigenvalue weighted by atomic mass is 16.2. The molecular weight excluding hydrogens is 274 g/mol. The molecule has 3 unspecified atom stereocenters. The summed E-state index contributed by atoms with van der Waals surface area (Å²) in [5.41, 5.74) is 0. The molecule has 22 heavy (non-hydrogen) atoms. The van der Waals surface area contributed by atoms with E-state index in [4.69, 9.17) is 0 Å². The van der Waals surface area contributed by atoms with Crippen molar-refractivity contribution in [2.24, 2.45) is 11.8 Å². The molecule has 4 aliphatic rings. The van der Waals surface area contributed by atoms with Crippen LogP contribution < -0.4 is 10.6 Å². The highest BCUT2D eigenvalue weighted by Gasteiger charge is 2.38. The normalized spacial score (nSPS) is 37.0. The maximum Gasteiger partial charge on any atom is 0.237 e. The maximum atomic E-state index is 12.5. The summed E-state index contributed by atoms with van der Waals surface area (Å²) in [6, 6.07) is 1.11. The van der Waals surface area contributed by atoms with Crippen molar-refractivity contribution in [3.05, 3.63) is 0 Å². The molecule has 2 aliphatic heterocycles. The largest absolute Gasteiger partial charge is 0.352 e. The third-order valence-electron chi connectivity index (χ3n) is 6.33. The van der Waals surface area contributed by atoms with Crippen LogP contribution in [0.2, 0.25) is 0 Å². The minimum atomic E-state index is 0.0811. The lowest BCUT2D eigenvalue weighted by atomic mass is 9.85. The van der Waals surface area contributed by atoms with E-state index in [0.29, 0.717) is 12.1 Å². The third kappa shape index (κ3) is 3.48. The second-order valence-electron chi connectivity index (χ2n) is 8.13. The number of nitrogens with one attached hydrogen (secondary N) is 2. The second kappa shape index (κ2) is 6.48. The van der Waals surface area contributed by atoms with Gasteiger partial charge in [0.1, 0.15) is 0 Å². The molecule has 0 aromatic carbocycles. The van der Waals surface area contributed by atoms with Gasteiger partial charge in [-0.05, 0) is 56.8 Å². The molecule has 2 saturated heterocycles. The summed E-state index contributed by atoms with van der Waals surface area (Å²) in [6.45, 7) is 3.64. The van der Waals surface area contributed by atoms with Crippen LogP contribution in [-0.4, -0.2) is 48.6 Å². The molecule has 0 spiro atoms. The Kier molecular flexibility index (Phi) is 4.40. The van der Waals surface area contributed by atoms with Crippen LogP contribution in [0.25, 0.3) is 0 Å². The number of carbonyl (C=O) groups is 1. The summed E-state index contributed by atoms with van der Waals surface area (Å²) in [7, 11) is 0. The zero-order valence-corrected chi connectivity index (χ0v) is 13.7. The van der Waals surface area contributed by atoms with Gasteiger partial charge >= 0.3 is 0 Å². The van der Waals surface area contributed by atoms with E-state index in [2.05, 4.69) is 15.5 Å². The highest BCUT2D eigenvalue weighted by molar-refractivity contribution is 5.82. The fraction of sp³-hybridized carbons (Fsp3) is 0.944. The van der Waals surface area contributed by atoms with E-state index < -0.39 is 0 Å². The zero-order valence-electron chi connectivity index (χ0n) is 13.7. The third-order valence-corrected chi connectivity index (χ3v) is 6.33. The summed E-state index contributed by atoms with van der Waals surface area (Å²) in [5, 5.41) is 6.93. The highest BCUT2D eigenvalue weighted by Crippen LogP contribution is 2.33. The summed E-state index contributed by atoms with van der Waals surface area (Å²) >= 11 is 0. The van der Waals surface area contributed by atoms with Crippen molar-refractivity contribution in [3.8, 4) is 0 Å². The van der Waals surface area contributed by atoms with Crippen LogP contribution >= 0.6 is 0 Å². The molecule has 0 radical (unpaired) electrons. The molecule has 0 aromatic heterocycles. The average molecular weight is 305 g/mol. The second-order valence-corrected chi connectivity index (χ2v) is 8.13. The van der Waals surface area contributed by atoms with Crippen molar-refractivity contribution < 1.29 is 4.79 Å². The van der Waals surface area contributed by atoms with Gasteiger partial charge in [-0.3, -0.25) is 4.79 Å². The average Bonchev–Trinajstić information content (AvgIpc) is 3.24. The minimum absolute atomic E-state index is 0.0811. The van der Waals surface area contributed by atoms with Gasteiger partial charge < -0.3 is 15.5 Å². The number of fused-ring (bicyclic) bond motifs is 1. The van der Waals surface area contributed by atoms with E-state index >= 15 is 0 Å². The van der Waals surface area contributed by atoms with Crippen molar-refractivity contribution in [1.29, 1.82) is 0 Å². The lowest BCUT2D eigenvalue weighted by Gasteiger charge is -2.32. The molecule has 4 rings (SSSR count). The van der Waals surface area contributed by atoms with Crippen LogP contribution in [0.1, 0.15) is 57.8 Å². The molecule has 2 heterocycles. The van der Waals surface area contributed by atoms with E-state index in [1.54, 1.807) is 0 Å². The Hall–Kier alpha value is -0.610. The quantitative estimate of drug-likeness (QED) is 0.834. The number of nitrogens with zero attached hydrogens (tertiary/aromatic N) is 1. The number of hydrogen-bond acceptors (Lipinski definition) is 3. The standard InChI is InChI=1S/C18H31N3O/c22-18(17-11-14-3-1-2-4-16(14)20-17)19-15-7-9-21(10-8-15)12-13-5-6-13/h13-17,20H,1-12H2,(H,19,22). The van der Waals surface area contributed by atoms with E-state index in [1.165, 1.54) is 58.2 Å². The molecule has 4 fully saturated rings. The lowest BCUT2D eigenvalue weighted by Crippen LogP contribution is -2.50. The monoisotopic (exact) mass is 305 g/mol. The number of carbonyl (C=O) groups excluding carboxylic acids is 1. The molecule has 4 nitrogen and oxygen atoms in total. The predicted molar refractivity (Wildman–Crippen MR) is 87.6 cm³/mol. The van der Waals surface area contributed by atoms with E-state index in [-0.39, 0.29) is 11.9 Å². The Morgan fingerprint density at radius 2 is 1.82 bits per heavy atom. The smallest absolute Gasteiger partial charge is 0.237 e. The topological polar surface area (TPSA) is 44.4 Å². The van der Waals surface area contributed by atoms with Crippen LogP contribution in [0.4, 0.5) is 0 Å². The lowest BCUT2D eigenvalue weighted by molar-refractivity contribution is -0.123. The Morgan fingerprint density at radius 1 is 1.05 bits per heavy atom. The Bertz CT molecular complexity index is 387. The SMILES string of the molecule is O=C(NC1CCN(CC2CC2)CC1)C1CC2CCCCC2N1. The molecule has 4 heteroatoms. The van der Waals surface area contributed by atoms with Gasteiger partial charge in [0.25, 0.3) is 0 Å². The van der Waals surface area contributed by atoms with Gasteiger partial charge in [0.15, 0.2) is 0 Å². The van der Waals surface area contributed by atoms with Crippen molar-refractivity contribution in [1.82, 2.24) is 15.5 Å². The molecule has 0 aromatic rings. The van der Waals surface area contributed by atoms with Gasteiger partial charge in [-0.15, -0.1) is 0 Å². The molecule has 124 valence electrons. The fourth-order valence-electron chi connectivity index (χ4n) is 4.75. The van der Waals surface area contributed by atoms with Gasteiger partial charge in [-0.25, -0.2) is 0 Å². The number of amides is 1. The molecule has 2 N–H and O–H groups in total. The molecule has 1 amide bonds. The molecule has 2 saturated carbocycles. The van der Waals surface area contributed by atoms with Crippen molar-refractivity contribution in [2.45, 2.75) is 75.9 Å². The first-order valence-electron chi connectivity index (χ1n) is 9.57. The van der Waals surface area contributed by atoms with E-state index in [1.807, 2.05) is 0 Å². The summed E-state index contributed by atoms with van der Waals surface area (Å²) < 4.78 is 0. The van der Waals surface area contributed by atoms with E-state index in [9.17, 15) is 4.79 Å². The van der Waals surface area contributed by atoms with Crippen molar-refractivity contribution >= 4 is 5.91 Å². The zero-order chi connectivity index (χ0) is 14.9. The van der Waals surface area contributed by atoms with Crippen molar-refractivity contribution in [3.63, 3.8) is 0 Å². The molecular formula is C18H31N3O. The van der Waals surface area contributed by atoms with Gasteiger partial charge in [0.2, 0.25) is 5.91 Å². The first-order chi connectivity index (χ1) is 10.8. The number of hydrogen-bond donors (Lipinski definition) is 2. The first-order valence-corrected chi connectivity index (χ1v) is 9.57. The first kappa shape index (κ1) is 14.9. The molecule has 0 bridgehead atoms. The number of rotatable bonds is 4. The summed E-state index contributed by atoms with van der Waals surface area (Å²) in [6.07, 6.45) is 11.5. The summed E-state index contributed by atoms with van der Waals surface area (Å²) in [5.74, 6) is 2.01. The fourth-order valence-corrected chi connectivity index (χ4v) is 4.75. The Labute approximate surface area is 134 Å². The van der Waals surface area contributed by atoms with Crippen LogP contribution in [-0.2, 0) is 4.79 Å². The predicted octanol–water partition coefficient (Wildman–Crippen LogP) is 1.90. The number of likely N-dealkylation sites (tertiary alicyclic amines) is 1. The van der Waals surface area contributed by atoms with Crippen LogP contribution in [0.15, 0.2) is 0 Å². The minimum Gasteiger partial charge on any atom is -0.352 e. The Morgan fingerprint density at radius 3 is 2.55 bits per heavy atom. The van der Waals surface area contributed by atoms with Crippen LogP contribution in [0, 0.1) is 11.8 Å². The summed E-state index contributed by atoms with van der Waals surface area (Å²) in [4.78, 5) is 15.1. The van der Waals surface area contributed by atoms with Crippen LogP contribution in [0.5, 0.6) is 0 Å². The van der Waals surface area contributed by atoms with Gasteiger partial charge in [0.05, 0.1) is 6.04 Å². The number of piperidine rings is 1. The van der Waals surface area contributed by atoms with Gasteiger partial charge in [0, 0.05) is 31.7 Å². The molecule has 2 aliphatic carbocycles. The molecule has 3 atom stereocenters. The van der Waals surface area contributed by atoms with Gasteiger partial charge in [-0.2, -0.15) is 0 Å². The Balaban J connectivity index is 1.21. The van der Waals surface area contributed by atoms with Crippen molar-refractivity contribution in [2.75, 3.05) is 19.6 Å². The van der Waals surface area contributed by atoms with Crippen LogP contribution in [0.3, 0.4) is 0 Å².